The van der Waals surface area contributed by atoms with Crippen LogP contribution in [0.2, 0.25) is 0 Å². The van der Waals surface area contributed by atoms with E-state index in [0.717, 1.165) is 51.3 Å². The van der Waals surface area contributed by atoms with Crippen LogP contribution in [0.5, 0.6) is 0 Å². The first-order valence-electron chi connectivity index (χ1n) is 8.61. The lowest BCUT2D eigenvalue weighted by Crippen LogP contribution is -2.49. The van der Waals surface area contributed by atoms with Crippen LogP contribution in [0.25, 0.3) is 0 Å². The molecular formula is C17H28N4O3. The molecule has 24 heavy (non-hydrogen) atoms. The topological polar surface area (TPSA) is 81.7 Å². The number of piperidine rings is 1. The van der Waals surface area contributed by atoms with Crippen molar-refractivity contribution in [3.63, 3.8) is 0 Å². The summed E-state index contributed by atoms with van der Waals surface area (Å²) in [5.74, 6) is 0.971. The van der Waals surface area contributed by atoms with Gasteiger partial charge < -0.3 is 19.7 Å². The number of hydrogen-bond acceptors (Lipinski definition) is 5. The highest BCUT2D eigenvalue weighted by Crippen LogP contribution is 2.48. The van der Waals surface area contributed by atoms with Crippen LogP contribution in [-0.2, 0) is 16.1 Å². The lowest BCUT2D eigenvalue weighted by atomic mass is 9.74. The van der Waals surface area contributed by atoms with E-state index in [4.69, 9.17) is 4.74 Å². The fourth-order valence-corrected chi connectivity index (χ4v) is 4.33. The first-order chi connectivity index (χ1) is 11.5. The number of aliphatic hydroxyl groups is 1. The van der Waals surface area contributed by atoms with Gasteiger partial charge in [0, 0.05) is 26.0 Å². The van der Waals surface area contributed by atoms with Gasteiger partial charge in [-0.25, -0.2) is 4.98 Å². The molecular weight excluding hydrogens is 308 g/mol. The van der Waals surface area contributed by atoms with E-state index in [-0.39, 0.29) is 24.5 Å². The van der Waals surface area contributed by atoms with Crippen molar-refractivity contribution in [3.8, 4) is 0 Å². The molecule has 2 N–H and O–H groups in total. The van der Waals surface area contributed by atoms with Gasteiger partial charge in [-0.05, 0) is 44.7 Å². The van der Waals surface area contributed by atoms with Crippen LogP contribution >= 0.6 is 0 Å². The molecule has 1 aromatic heterocycles. The summed E-state index contributed by atoms with van der Waals surface area (Å²) in [6, 6.07) is 0. The van der Waals surface area contributed by atoms with Gasteiger partial charge in [-0.2, -0.15) is 0 Å². The number of aromatic amines is 1. The number of imidazole rings is 1. The summed E-state index contributed by atoms with van der Waals surface area (Å²) in [6.07, 6.45) is 6.58. The standard InChI is InChI=1S/C17H28N4O3/c1-16(13-22)11-17(12-21(16)15(23)10-24-2)3-7-20(8-4-17)9-14-18-5-6-19-14/h5-6,22H,3-4,7-13H2,1-2H3,(H,18,19). The van der Waals surface area contributed by atoms with E-state index in [9.17, 15) is 9.90 Å². The molecule has 0 saturated carbocycles. The van der Waals surface area contributed by atoms with Gasteiger partial charge in [0.05, 0.1) is 18.7 Å². The lowest BCUT2D eigenvalue weighted by Gasteiger charge is -2.39. The molecule has 2 fully saturated rings. The predicted molar refractivity (Wildman–Crippen MR) is 89.2 cm³/mol. The molecule has 7 heteroatoms. The number of likely N-dealkylation sites (tertiary alicyclic amines) is 2. The molecule has 134 valence electrons. The van der Waals surface area contributed by atoms with Crippen LogP contribution < -0.4 is 0 Å². The lowest BCUT2D eigenvalue weighted by molar-refractivity contribution is -0.140. The van der Waals surface area contributed by atoms with Crippen molar-refractivity contribution < 1.29 is 14.6 Å². The van der Waals surface area contributed by atoms with Crippen molar-refractivity contribution in [2.75, 3.05) is 40.0 Å². The van der Waals surface area contributed by atoms with Gasteiger partial charge in [0.1, 0.15) is 12.4 Å². The minimum Gasteiger partial charge on any atom is -0.394 e. The number of carbonyl (C=O) groups is 1. The molecule has 0 aliphatic carbocycles. The predicted octanol–water partition coefficient (Wildman–Crippen LogP) is 0.622. The summed E-state index contributed by atoms with van der Waals surface area (Å²) < 4.78 is 5.01. The number of H-pyrrole nitrogens is 1. The number of rotatable bonds is 5. The van der Waals surface area contributed by atoms with Crippen LogP contribution in [0.1, 0.15) is 32.0 Å². The Balaban J connectivity index is 1.64. The molecule has 0 aromatic carbocycles. The van der Waals surface area contributed by atoms with E-state index in [0.29, 0.717) is 0 Å². The fraction of sp³-hybridized carbons (Fsp3) is 0.765. The van der Waals surface area contributed by atoms with E-state index in [1.165, 1.54) is 7.11 Å². The van der Waals surface area contributed by atoms with Gasteiger partial charge in [0.25, 0.3) is 0 Å². The summed E-state index contributed by atoms with van der Waals surface area (Å²) in [5, 5.41) is 9.89. The van der Waals surface area contributed by atoms with E-state index in [1.54, 1.807) is 6.20 Å². The van der Waals surface area contributed by atoms with Crippen LogP contribution in [0.3, 0.4) is 0 Å². The average Bonchev–Trinajstić information content (AvgIpc) is 3.17. The van der Waals surface area contributed by atoms with Crippen LogP contribution in [-0.4, -0.2) is 76.3 Å². The third-order valence-electron chi connectivity index (χ3n) is 5.66. The Morgan fingerprint density at radius 2 is 2.21 bits per heavy atom. The van der Waals surface area contributed by atoms with Crippen molar-refractivity contribution in [1.82, 2.24) is 19.8 Å². The number of methoxy groups -OCH3 is 1. The number of aromatic nitrogens is 2. The minimum absolute atomic E-state index is 0.000311. The van der Waals surface area contributed by atoms with Gasteiger partial charge in [-0.1, -0.05) is 0 Å². The van der Waals surface area contributed by atoms with Crippen molar-refractivity contribution in [3.05, 3.63) is 18.2 Å². The van der Waals surface area contributed by atoms with Gasteiger partial charge in [0.15, 0.2) is 0 Å². The Hall–Kier alpha value is -1.44. The minimum atomic E-state index is -0.473. The number of nitrogens with one attached hydrogen (secondary N) is 1. The molecule has 7 nitrogen and oxygen atoms in total. The molecule has 1 atom stereocenters. The summed E-state index contributed by atoms with van der Waals surface area (Å²) in [7, 11) is 1.53. The number of nitrogens with zero attached hydrogens (tertiary/aromatic N) is 3. The molecule has 0 bridgehead atoms. The maximum absolute atomic E-state index is 12.4. The molecule has 0 radical (unpaired) electrons. The van der Waals surface area contributed by atoms with Gasteiger partial charge in [-0.15, -0.1) is 0 Å². The molecule has 3 rings (SSSR count). The SMILES string of the molecule is COCC(=O)N1CC2(CCN(Cc3ncc[nH]3)CC2)CC1(C)CO. The summed E-state index contributed by atoms with van der Waals surface area (Å²) in [5.41, 5.74) is -0.362. The first kappa shape index (κ1) is 17.4. The van der Waals surface area contributed by atoms with E-state index in [1.807, 2.05) is 18.0 Å². The van der Waals surface area contributed by atoms with Crippen molar-refractivity contribution in [1.29, 1.82) is 0 Å². The quantitative estimate of drug-likeness (QED) is 0.824. The summed E-state index contributed by atoms with van der Waals surface area (Å²) in [4.78, 5) is 24.1. The number of amides is 1. The third kappa shape index (κ3) is 3.34. The Bertz CT molecular complexity index is 554. The highest BCUT2D eigenvalue weighted by Gasteiger charge is 2.52. The zero-order valence-electron chi connectivity index (χ0n) is 14.6. The monoisotopic (exact) mass is 336 g/mol. The van der Waals surface area contributed by atoms with E-state index >= 15 is 0 Å². The Morgan fingerprint density at radius 3 is 2.79 bits per heavy atom. The number of aliphatic hydroxyl groups excluding tert-OH is 1. The molecule has 1 aromatic rings. The molecule has 2 saturated heterocycles. The zero-order chi connectivity index (χ0) is 17.2. The van der Waals surface area contributed by atoms with Crippen LogP contribution in [0.4, 0.5) is 0 Å². The molecule has 1 unspecified atom stereocenters. The summed E-state index contributed by atoms with van der Waals surface area (Å²) in [6.45, 7) is 5.62. The van der Waals surface area contributed by atoms with Crippen LogP contribution in [0.15, 0.2) is 12.4 Å². The smallest absolute Gasteiger partial charge is 0.249 e. The van der Waals surface area contributed by atoms with Gasteiger partial charge in [0.2, 0.25) is 5.91 Å². The largest absolute Gasteiger partial charge is 0.394 e. The van der Waals surface area contributed by atoms with Gasteiger partial charge in [-0.3, -0.25) is 9.69 Å². The second-order valence-electron chi connectivity index (χ2n) is 7.56. The Morgan fingerprint density at radius 1 is 1.46 bits per heavy atom. The molecule has 2 aliphatic rings. The fourth-order valence-electron chi connectivity index (χ4n) is 4.33. The summed E-state index contributed by atoms with van der Waals surface area (Å²) >= 11 is 0. The molecule has 1 spiro atoms. The van der Waals surface area contributed by atoms with Crippen molar-refractivity contribution in [2.45, 2.75) is 38.3 Å². The Labute approximate surface area is 143 Å². The Kier molecular flexibility index (Phi) is 4.94. The van der Waals surface area contributed by atoms with Gasteiger partial charge >= 0.3 is 0 Å². The second-order valence-corrected chi connectivity index (χ2v) is 7.56. The molecule has 3 heterocycles. The number of carbonyl (C=O) groups excluding carboxylic acids is 1. The normalized spacial score (nSPS) is 27.0. The maximum atomic E-state index is 12.4. The number of ether oxygens (including phenoxy) is 1. The van der Waals surface area contributed by atoms with E-state index in [2.05, 4.69) is 14.9 Å². The average molecular weight is 336 g/mol. The van der Waals surface area contributed by atoms with Crippen LogP contribution in [0, 0.1) is 5.41 Å². The van der Waals surface area contributed by atoms with E-state index < -0.39 is 5.54 Å². The highest BCUT2D eigenvalue weighted by atomic mass is 16.5. The second kappa shape index (κ2) is 6.82. The zero-order valence-corrected chi connectivity index (χ0v) is 14.6. The third-order valence-corrected chi connectivity index (χ3v) is 5.66. The first-order valence-corrected chi connectivity index (χ1v) is 8.61. The van der Waals surface area contributed by atoms with Crippen molar-refractivity contribution in [2.24, 2.45) is 5.41 Å². The molecule has 1 amide bonds. The maximum Gasteiger partial charge on any atom is 0.249 e. The highest BCUT2D eigenvalue weighted by molar-refractivity contribution is 5.78. The molecule has 2 aliphatic heterocycles. The van der Waals surface area contributed by atoms with Crippen molar-refractivity contribution >= 4 is 5.91 Å². The number of hydrogen-bond donors (Lipinski definition) is 2.